The fourth-order valence-corrected chi connectivity index (χ4v) is 1.23. The number of halogens is 1. The molecule has 78 valence electrons. The van der Waals surface area contributed by atoms with Crippen LogP contribution in [0.15, 0.2) is 30.7 Å². The van der Waals surface area contributed by atoms with Crippen molar-refractivity contribution in [3.63, 3.8) is 0 Å². The average molecular weight is 206 g/mol. The van der Waals surface area contributed by atoms with Crippen LogP contribution in [0.1, 0.15) is 5.82 Å². The van der Waals surface area contributed by atoms with Gasteiger partial charge >= 0.3 is 0 Å². The lowest BCUT2D eigenvalue weighted by Crippen LogP contribution is -2.05. The van der Waals surface area contributed by atoms with Gasteiger partial charge in [0.15, 0.2) is 0 Å². The van der Waals surface area contributed by atoms with Crippen molar-refractivity contribution in [3.8, 4) is 0 Å². The highest BCUT2D eigenvalue weighted by Crippen LogP contribution is 2.06. The molecule has 2 aromatic heterocycles. The zero-order chi connectivity index (χ0) is 10.7. The smallest absolute Gasteiger partial charge is 0.212 e. The summed E-state index contributed by atoms with van der Waals surface area (Å²) in [6, 6.07) is 2.96. The highest BCUT2D eigenvalue weighted by Gasteiger charge is 1.99. The van der Waals surface area contributed by atoms with E-state index < -0.39 is 5.95 Å². The quantitative estimate of drug-likeness (QED) is 0.775. The molecular weight excluding hydrogens is 195 g/mol. The highest BCUT2D eigenvalue weighted by molar-refractivity contribution is 5.39. The van der Waals surface area contributed by atoms with Gasteiger partial charge in [-0.05, 0) is 12.1 Å². The molecule has 0 unspecified atom stereocenters. The third-order valence-electron chi connectivity index (χ3n) is 2.10. The van der Waals surface area contributed by atoms with E-state index in [0.29, 0.717) is 6.54 Å². The van der Waals surface area contributed by atoms with Crippen LogP contribution in [0.5, 0.6) is 0 Å². The van der Waals surface area contributed by atoms with Crippen LogP contribution in [0.2, 0.25) is 0 Å². The summed E-state index contributed by atoms with van der Waals surface area (Å²) >= 11 is 0. The molecule has 4 nitrogen and oxygen atoms in total. The van der Waals surface area contributed by atoms with Gasteiger partial charge in [0.1, 0.15) is 5.82 Å². The van der Waals surface area contributed by atoms with Gasteiger partial charge in [-0.1, -0.05) is 0 Å². The molecular formula is C10H11FN4. The Bertz CT molecular complexity index is 435. The Labute approximate surface area is 86.8 Å². The summed E-state index contributed by atoms with van der Waals surface area (Å²) < 4.78 is 14.4. The number of nitrogens with one attached hydrogen (secondary N) is 1. The normalized spacial score (nSPS) is 10.3. The Hall–Kier alpha value is -1.91. The standard InChI is InChI=1S/C10H11FN4/c1-15-5-4-12-10(15)7-13-8-2-3-9(11)14-6-8/h2-6,13H,7H2,1H3. The lowest BCUT2D eigenvalue weighted by atomic mass is 10.4. The molecule has 2 heterocycles. The van der Waals surface area contributed by atoms with Crippen LogP contribution >= 0.6 is 0 Å². The molecule has 0 spiro atoms. The van der Waals surface area contributed by atoms with Crippen molar-refractivity contribution in [3.05, 3.63) is 42.5 Å². The number of hydrogen-bond acceptors (Lipinski definition) is 3. The Morgan fingerprint density at radius 2 is 2.27 bits per heavy atom. The Balaban J connectivity index is 1.99. The minimum Gasteiger partial charge on any atom is -0.377 e. The topological polar surface area (TPSA) is 42.7 Å². The van der Waals surface area contributed by atoms with Crippen molar-refractivity contribution >= 4 is 5.69 Å². The lowest BCUT2D eigenvalue weighted by Gasteiger charge is -2.05. The number of rotatable bonds is 3. The van der Waals surface area contributed by atoms with E-state index in [2.05, 4.69) is 15.3 Å². The fraction of sp³-hybridized carbons (Fsp3) is 0.200. The van der Waals surface area contributed by atoms with Gasteiger partial charge in [0.25, 0.3) is 0 Å². The number of aryl methyl sites for hydroxylation is 1. The minimum absolute atomic E-state index is 0.474. The van der Waals surface area contributed by atoms with Crippen LogP contribution < -0.4 is 5.32 Å². The number of anilines is 1. The van der Waals surface area contributed by atoms with Gasteiger partial charge in [0.05, 0.1) is 18.4 Å². The first kappa shape index (κ1) is 9.64. The average Bonchev–Trinajstić information content (AvgIpc) is 2.63. The Kier molecular flexibility index (Phi) is 2.62. The summed E-state index contributed by atoms with van der Waals surface area (Å²) in [7, 11) is 1.92. The monoisotopic (exact) mass is 206 g/mol. The SMILES string of the molecule is Cn1ccnc1CNc1ccc(F)nc1. The minimum atomic E-state index is -0.474. The molecule has 15 heavy (non-hydrogen) atoms. The molecule has 0 saturated heterocycles. The van der Waals surface area contributed by atoms with E-state index in [-0.39, 0.29) is 0 Å². The zero-order valence-corrected chi connectivity index (χ0v) is 8.31. The summed E-state index contributed by atoms with van der Waals surface area (Å²) in [5.74, 6) is 0.442. The van der Waals surface area contributed by atoms with Gasteiger partial charge in [-0.2, -0.15) is 4.39 Å². The van der Waals surface area contributed by atoms with E-state index in [1.807, 2.05) is 17.8 Å². The van der Waals surface area contributed by atoms with Gasteiger partial charge in [0, 0.05) is 19.4 Å². The predicted octanol–water partition coefficient (Wildman–Crippen LogP) is 1.57. The zero-order valence-electron chi connectivity index (χ0n) is 8.31. The van der Waals surface area contributed by atoms with Crippen molar-refractivity contribution in [2.75, 3.05) is 5.32 Å². The van der Waals surface area contributed by atoms with E-state index in [4.69, 9.17) is 0 Å². The van der Waals surface area contributed by atoms with E-state index >= 15 is 0 Å². The van der Waals surface area contributed by atoms with Gasteiger partial charge < -0.3 is 9.88 Å². The van der Waals surface area contributed by atoms with E-state index in [1.54, 1.807) is 12.3 Å². The lowest BCUT2D eigenvalue weighted by molar-refractivity contribution is 0.584. The number of nitrogens with zero attached hydrogens (tertiary/aromatic N) is 3. The van der Waals surface area contributed by atoms with E-state index in [1.165, 1.54) is 12.3 Å². The third kappa shape index (κ3) is 2.31. The summed E-state index contributed by atoms with van der Waals surface area (Å²) in [5.41, 5.74) is 0.777. The summed E-state index contributed by atoms with van der Waals surface area (Å²) in [5, 5.41) is 3.10. The molecule has 0 aliphatic carbocycles. The molecule has 0 fully saturated rings. The number of hydrogen-bond donors (Lipinski definition) is 1. The molecule has 1 N–H and O–H groups in total. The van der Waals surface area contributed by atoms with Gasteiger partial charge in [0.2, 0.25) is 5.95 Å². The maximum Gasteiger partial charge on any atom is 0.212 e. The molecule has 0 aromatic carbocycles. The molecule has 5 heteroatoms. The van der Waals surface area contributed by atoms with Crippen molar-refractivity contribution in [2.45, 2.75) is 6.54 Å². The van der Waals surface area contributed by atoms with Crippen molar-refractivity contribution < 1.29 is 4.39 Å². The van der Waals surface area contributed by atoms with E-state index in [0.717, 1.165) is 11.5 Å². The first-order valence-electron chi connectivity index (χ1n) is 4.57. The molecule has 2 rings (SSSR count). The molecule has 0 bridgehead atoms. The predicted molar refractivity (Wildman–Crippen MR) is 54.7 cm³/mol. The second-order valence-electron chi connectivity index (χ2n) is 3.18. The Morgan fingerprint density at radius 3 is 2.87 bits per heavy atom. The third-order valence-corrected chi connectivity index (χ3v) is 2.10. The maximum absolute atomic E-state index is 12.5. The largest absolute Gasteiger partial charge is 0.377 e. The van der Waals surface area contributed by atoms with Crippen molar-refractivity contribution in [1.29, 1.82) is 0 Å². The van der Waals surface area contributed by atoms with Crippen LogP contribution in [-0.4, -0.2) is 14.5 Å². The van der Waals surface area contributed by atoms with Crippen LogP contribution in [0.25, 0.3) is 0 Å². The fourth-order valence-electron chi connectivity index (χ4n) is 1.23. The summed E-state index contributed by atoms with van der Waals surface area (Å²) in [6.45, 7) is 0.594. The van der Waals surface area contributed by atoms with Crippen molar-refractivity contribution in [1.82, 2.24) is 14.5 Å². The molecule has 0 saturated carbocycles. The number of aromatic nitrogens is 3. The first-order chi connectivity index (χ1) is 7.25. The molecule has 2 aromatic rings. The number of imidazole rings is 1. The molecule has 0 atom stereocenters. The van der Waals surface area contributed by atoms with Crippen LogP contribution in [-0.2, 0) is 13.6 Å². The maximum atomic E-state index is 12.5. The second kappa shape index (κ2) is 4.08. The van der Waals surface area contributed by atoms with Gasteiger partial charge in [-0.15, -0.1) is 0 Å². The van der Waals surface area contributed by atoms with Crippen LogP contribution in [0.4, 0.5) is 10.1 Å². The number of pyridine rings is 1. The highest BCUT2D eigenvalue weighted by atomic mass is 19.1. The Morgan fingerprint density at radius 1 is 1.40 bits per heavy atom. The van der Waals surface area contributed by atoms with Gasteiger partial charge in [-0.25, -0.2) is 9.97 Å². The van der Waals surface area contributed by atoms with Crippen molar-refractivity contribution in [2.24, 2.45) is 7.05 Å². The summed E-state index contributed by atoms with van der Waals surface area (Å²) in [6.07, 6.45) is 5.07. The molecule has 0 aliphatic heterocycles. The van der Waals surface area contributed by atoms with Gasteiger partial charge in [-0.3, -0.25) is 0 Å². The van der Waals surface area contributed by atoms with Crippen LogP contribution in [0.3, 0.4) is 0 Å². The van der Waals surface area contributed by atoms with Crippen LogP contribution in [0, 0.1) is 5.95 Å². The molecule has 0 aliphatic rings. The van der Waals surface area contributed by atoms with E-state index in [9.17, 15) is 4.39 Å². The summed E-state index contributed by atoms with van der Waals surface area (Å²) in [4.78, 5) is 7.70. The second-order valence-corrected chi connectivity index (χ2v) is 3.18. The molecule has 0 radical (unpaired) electrons. The first-order valence-corrected chi connectivity index (χ1v) is 4.57. The molecule has 0 amide bonds.